The van der Waals surface area contributed by atoms with Crippen LogP contribution in [-0.4, -0.2) is 23.2 Å². The molecule has 0 saturated heterocycles. The fourth-order valence-electron chi connectivity index (χ4n) is 2.68. The second kappa shape index (κ2) is 8.90. The van der Waals surface area contributed by atoms with E-state index >= 15 is 0 Å². The predicted octanol–water partition coefficient (Wildman–Crippen LogP) is 4.33. The van der Waals surface area contributed by atoms with E-state index < -0.39 is 0 Å². The van der Waals surface area contributed by atoms with Crippen LogP contribution < -0.4 is 10.6 Å². The monoisotopic (exact) mass is 377 g/mol. The Morgan fingerprint density at radius 1 is 1.00 bits per heavy atom. The van der Waals surface area contributed by atoms with Gasteiger partial charge in [0.25, 0.3) is 5.91 Å². The summed E-state index contributed by atoms with van der Waals surface area (Å²) in [6, 6.07) is 16.6. The van der Waals surface area contributed by atoms with Gasteiger partial charge in [-0.05, 0) is 55.3 Å². The molecule has 0 atom stereocenters. The highest BCUT2D eigenvalue weighted by Gasteiger charge is 2.09. The number of pyridine rings is 1. The van der Waals surface area contributed by atoms with Gasteiger partial charge >= 0.3 is 0 Å². The van der Waals surface area contributed by atoms with E-state index in [0.717, 1.165) is 17.7 Å². The zero-order valence-corrected chi connectivity index (χ0v) is 15.4. The van der Waals surface area contributed by atoms with Gasteiger partial charge in [0, 0.05) is 29.7 Å². The third-order valence-electron chi connectivity index (χ3n) is 4.18. The van der Waals surface area contributed by atoms with Crippen LogP contribution in [-0.2, 0) is 6.42 Å². The molecule has 0 radical (unpaired) electrons. The highest BCUT2D eigenvalue weighted by Crippen LogP contribution is 2.14. The molecule has 2 N–H and O–H groups in total. The number of anilines is 2. The van der Waals surface area contributed by atoms with E-state index in [4.69, 9.17) is 0 Å². The zero-order valence-electron chi connectivity index (χ0n) is 15.4. The molecule has 0 aliphatic heterocycles. The number of carbonyl (C=O) groups is 2. The second-order valence-corrected chi connectivity index (χ2v) is 6.32. The summed E-state index contributed by atoms with van der Waals surface area (Å²) >= 11 is 0. The van der Waals surface area contributed by atoms with Crippen molar-refractivity contribution in [3.63, 3.8) is 0 Å². The summed E-state index contributed by atoms with van der Waals surface area (Å²) < 4.78 is 12.9. The SMILES string of the molecule is CC(=O)c1cccc(NC(=O)c2cc(NCCc3ccc(F)cc3)ccn2)c1. The zero-order chi connectivity index (χ0) is 19.9. The molecule has 2 aromatic carbocycles. The molecule has 1 amide bonds. The lowest BCUT2D eigenvalue weighted by Crippen LogP contribution is -2.14. The Balaban J connectivity index is 1.60. The minimum Gasteiger partial charge on any atom is -0.385 e. The maximum absolute atomic E-state index is 12.9. The molecule has 28 heavy (non-hydrogen) atoms. The Kier molecular flexibility index (Phi) is 6.11. The van der Waals surface area contributed by atoms with E-state index in [1.54, 1.807) is 54.7 Å². The second-order valence-electron chi connectivity index (χ2n) is 6.32. The highest BCUT2D eigenvalue weighted by atomic mass is 19.1. The summed E-state index contributed by atoms with van der Waals surface area (Å²) in [6.45, 7) is 2.11. The molecule has 0 unspecified atom stereocenters. The minimum absolute atomic E-state index is 0.0680. The lowest BCUT2D eigenvalue weighted by atomic mass is 10.1. The number of aromatic nitrogens is 1. The third kappa shape index (κ3) is 5.23. The van der Waals surface area contributed by atoms with Crippen LogP contribution in [0.3, 0.4) is 0 Å². The quantitative estimate of drug-likeness (QED) is 0.601. The van der Waals surface area contributed by atoms with Gasteiger partial charge in [0.05, 0.1) is 0 Å². The van der Waals surface area contributed by atoms with E-state index in [0.29, 0.717) is 17.8 Å². The van der Waals surface area contributed by atoms with Gasteiger partial charge in [0.1, 0.15) is 11.5 Å². The molecule has 0 spiro atoms. The molecule has 6 heteroatoms. The highest BCUT2D eigenvalue weighted by molar-refractivity contribution is 6.04. The summed E-state index contributed by atoms with van der Waals surface area (Å²) in [6.07, 6.45) is 2.28. The normalized spacial score (nSPS) is 10.4. The van der Waals surface area contributed by atoms with Crippen LogP contribution >= 0.6 is 0 Å². The summed E-state index contributed by atoms with van der Waals surface area (Å²) in [4.78, 5) is 28.0. The summed E-state index contributed by atoms with van der Waals surface area (Å²) in [5, 5.41) is 5.98. The summed E-state index contributed by atoms with van der Waals surface area (Å²) in [5.74, 6) is -0.681. The van der Waals surface area contributed by atoms with Crippen molar-refractivity contribution in [2.75, 3.05) is 17.2 Å². The van der Waals surface area contributed by atoms with E-state index in [1.807, 2.05) is 0 Å². The lowest BCUT2D eigenvalue weighted by molar-refractivity contribution is 0.100. The molecular formula is C22H20FN3O2. The van der Waals surface area contributed by atoms with Crippen LogP contribution in [0.5, 0.6) is 0 Å². The van der Waals surface area contributed by atoms with Crippen molar-refractivity contribution in [2.45, 2.75) is 13.3 Å². The van der Waals surface area contributed by atoms with Crippen molar-refractivity contribution < 1.29 is 14.0 Å². The number of hydrogen-bond donors (Lipinski definition) is 2. The maximum atomic E-state index is 12.9. The third-order valence-corrected chi connectivity index (χ3v) is 4.18. The Bertz CT molecular complexity index is 987. The van der Waals surface area contributed by atoms with Crippen LogP contribution in [0.1, 0.15) is 33.3 Å². The number of nitrogens with zero attached hydrogens (tertiary/aromatic N) is 1. The topological polar surface area (TPSA) is 71.1 Å². The molecule has 0 fully saturated rings. The minimum atomic E-state index is -0.358. The number of carbonyl (C=O) groups excluding carboxylic acids is 2. The van der Waals surface area contributed by atoms with Gasteiger partial charge in [-0.1, -0.05) is 24.3 Å². The van der Waals surface area contributed by atoms with Crippen molar-refractivity contribution in [1.29, 1.82) is 0 Å². The average Bonchev–Trinajstić information content (AvgIpc) is 2.70. The standard InChI is InChI=1S/C22H20FN3O2/c1-15(27)17-3-2-4-20(13-17)26-22(28)21-14-19(10-12-25-21)24-11-9-16-5-7-18(23)8-6-16/h2-8,10,12-14H,9,11H2,1H3,(H,24,25)(H,26,28). The Hall–Kier alpha value is -3.54. The molecule has 0 aliphatic rings. The largest absolute Gasteiger partial charge is 0.385 e. The van der Waals surface area contributed by atoms with E-state index in [9.17, 15) is 14.0 Å². The Labute approximate surface area is 162 Å². The number of Topliss-reactive ketones (excluding diaryl/α,β-unsaturated/α-hetero) is 1. The predicted molar refractivity (Wildman–Crippen MR) is 107 cm³/mol. The van der Waals surface area contributed by atoms with Gasteiger partial charge in [0.15, 0.2) is 5.78 Å². The van der Waals surface area contributed by atoms with Crippen molar-refractivity contribution in [3.05, 3.63) is 89.5 Å². The van der Waals surface area contributed by atoms with Gasteiger partial charge < -0.3 is 10.6 Å². The van der Waals surface area contributed by atoms with E-state index in [1.165, 1.54) is 19.1 Å². The van der Waals surface area contributed by atoms with Gasteiger partial charge in [-0.15, -0.1) is 0 Å². The molecule has 0 aliphatic carbocycles. The number of hydrogen-bond acceptors (Lipinski definition) is 4. The van der Waals surface area contributed by atoms with Gasteiger partial charge in [-0.2, -0.15) is 0 Å². The molecule has 5 nitrogen and oxygen atoms in total. The van der Waals surface area contributed by atoms with Crippen LogP contribution in [0.4, 0.5) is 15.8 Å². The summed E-state index contributed by atoms with van der Waals surface area (Å²) in [7, 11) is 0. The molecule has 0 bridgehead atoms. The molecular weight excluding hydrogens is 357 g/mol. The number of benzene rings is 2. The molecule has 1 heterocycles. The van der Waals surface area contributed by atoms with Crippen LogP contribution in [0.2, 0.25) is 0 Å². The molecule has 142 valence electrons. The fourth-order valence-corrected chi connectivity index (χ4v) is 2.68. The fraction of sp³-hybridized carbons (Fsp3) is 0.136. The van der Waals surface area contributed by atoms with Crippen molar-refractivity contribution in [3.8, 4) is 0 Å². The van der Waals surface area contributed by atoms with E-state index in [2.05, 4.69) is 15.6 Å². The molecule has 1 aromatic heterocycles. The maximum Gasteiger partial charge on any atom is 0.274 e. The van der Waals surface area contributed by atoms with Gasteiger partial charge in [-0.25, -0.2) is 4.39 Å². The lowest BCUT2D eigenvalue weighted by Gasteiger charge is -2.09. The van der Waals surface area contributed by atoms with Crippen LogP contribution in [0.15, 0.2) is 66.9 Å². The van der Waals surface area contributed by atoms with Crippen molar-refractivity contribution >= 4 is 23.1 Å². The van der Waals surface area contributed by atoms with E-state index in [-0.39, 0.29) is 23.2 Å². The first-order chi connectivity index (χ1) is 13.5. The number of ketones is 1. The number of halogens is 1. The first kappa shape index (κ1) is 19.2. The molecule has 3 rings (SSSR count). The van der Waals surface area contributed by atoms with Gasteiger partial charge in [-0.3, -0.25) is 14.6 Å². The molecule has 0 saturated carbocycles. The number of amides is 1. The van der Waals surface area contributed by atoms with Crippen molar-refractivity contribution in [1.82, 2.24) is 4.98 Å². The average molecular weight is 377 g/mol. The van der Waals surface area contributed by atoms with Gasteiger partial charge in [0.2, 0.25) is 0 Å². The smallest absolute Gasteiger partial charge is 0.274 e. The first-order valence-electron chi connectivity index (χ1n) is 8.88. The number of nitrogens with one attached hydrogen (secondary N) is 2. The van der Waals surface area contributed by atoms with Crippen molar-refractivity contribution in [2.24, 2.45) is 0 Å². The Morgan fingerprint density at radius 3 is 2.54 bits per heavy atom. The molecule has 3 aromatic rings. The Morgan fingerprint density at radius 2 is 1.79 bits per heavy atom. The van der Waals surface area contributed by atoms with Crippen LogP contribution in [0, 0.1) is 5.82 Å². The number of rotatable bonds is 7. The summed E-state index contributed by atoms with van der Waals surface area (Å²) in [5.41, 5.74) is 3.11. The first-order valence-corrected chi connectivity index (χ1v) is 8.88. The van der Waals surface area contributed by atoms with Crippen LogP contribution in [0.25, 0.3) is 0 Å².